The average Bonchev–Trinajstić information content (AvgIpc) is 2.63. The Kier molecular flexibility index (Phi) is 21.2. The van der Waals surface area contributed by atoms with Crippen LogP contribution >= 0.6 is 0 Å². The highest BCUT2D eigenvalue weighted by atomic mass is 14.1. The van der Waals surface area contributed by atoms with Crippen molar-refractivity contribution in [1.29, 1.82) is 0 Å². The zero-order valence-electron chi connectivity index (χ0n) is 17.4. The molecule has 0 saturated carbocycles. The SMILES string of the molecule is [CH2]CCCCC#CCCCCCCCC(CC)CCCCCCC[CH2]. The first-order valence-electron chi connectivity index (χ1n) is 11.4. The summed E-state index contributed by atoms with van der Waals surface area (Å²) >= 11 is 0. The summed E-state index contributed by atoms with van der Waals surface area (Å²) < 4.78 is 0. The molecule has 0 aromatic heterocycles. The van der Waals surface area contributed by atoms with Crippen LogP contribution in [0.3, 0.4) is 0 Å². The van der Waals surface area contributed by atoms with Gasteiger partial charge in [0.1, 0.15) is 0 Å². The summed E-state index contributed by atoms with van der Waals surface area (Å²) in [6.45, 7) is 10.2. The molecule has 0 aliphatic carbocycles. The minimum absolute atomic E-state index is 0.983. The van der Waals surface area contributed by atoms with Gasteiger partial charge in [-0.1, -0.05) is 117 Å². The van der Waals surface area contributed by atoms with Crippen LogP contribution < -0.4 is 0 Å². The van der Waals surface area contributed by atoms with Gasteiger partial charge in [0.05, 0.1) is 0 Å². The fourth-order valence-electron chi connectivity index (χ4n) is 3.44. The molecular formula is C25H46. The Morgan fingerprint density at radius 3 is 1.48 bits per heavy atom. The Morgan fingerprint density at radius 1 is 0.560 bits per heavy atom. The molecule has 25 heavy (non-hydrogen) atoms. The lowest BCUT2D eigenvalue weighted by atomic mass is 9.92. The summed E-state index contributed by atoms with van der Waals surface area (Å²) in [5.74, 6) is 7.61. The van der Waals surface area contributed by atoms with Gasteiger partial charge in [0, 0.05) is 12.8 Å². The topological polar surface area (TPSA) is 0 Å². The average molecular weight is 347 g/mol. The van der Waals surface area contributed by atoms with E-state index in [-0.39, 0.29) is 0 Å². The Bertz CT molecular complexity index is 293. The number of hydrogen-bond acceptors (Lipinski definition) is 0. The molecule has 0 aliphatic heterocycles. The Balaban J connectivity index is 3.35. The third-order valence-electron chi connectivity index (χ3n) is 5.28. The van der Waals surface area contributed by atoms with Gasteiger partial charge in [-0.25, -0.2) is 0 Å². The van der Waals surface area contributed by atoms with E-state index in [1.165, 1.54) is 96.3 Å². The van der Waals surface area contributed by atoms with Crippen molar-refractivity contribution in [2.24, 2.45) is 5.92 Å². The van der Waals surface area contributed by atoms with Crippen molar-refractivity contribution in [3.05, 3.63) is 13.8 Å². The molecule has 0 nitrogen and oxygen atoms in total. The lowest BCUT2D eigenvalue weighted by molar-refractivity contribution is 0.393. The van der Waals surface area contributed by atoms with Crippen LogP contribution in [0.25, 0.3) is 0 Å². The van der Waals surface area contributed by atoms with E-state index in [1.807, 2.05) is 0 Å². The first-order valence-corrected chi connectivity index (χ1v) is 11.4. The summed E-state index contributed by atoms with van der Waals surface area (Å²) in [5, 5.41) is 0. The molecule has 0 spiro atoms. The molecule has 0 rings (SSSR count). The molecule has 0 heteroatoms. The summed E-state index contributed by atoms with van der Waals surface area (Å²) in [6.07, 6.45) is 25.1. The summed E-state index contributed by atoms with van der Waals surface area (Å²) in [4.78, 5) is 0. The number of rotatable bonds is 18. The van der Waals surface area contributed by atoms with Crippen LogP contribution in [0.1, 0.15) is 129 Å². The first-order chi connectivity index (χ1) is 12.3. The van der Waals surface area contributed by atoms with Crippen LogP contribution in [0.15, 0.2) is 0 Å². The summed E-state index contributed by atoms with van der Waals surface area (Å²) in [5.41, 5.74) is 0. The van der Waals surface area contributed by atoms with Gasteiger partial charge in [-0.2, -0.15) is 0 Å². The zero-order chi connectivity index (χ0) is 18.4. The Labute approximate surface area is 160 Å². The Hall–Kier alpha value is -0.440. The van der Waals surface area contributed by atoms with Crippen molar-refractivity contribution in [2.75, 3.05) is 0 Å². The number of hydrogen-bond donors (Lipinski definition) is 0. The van der Waals surface area contributed by atoms with Crippen LogP contribution in [0.2, 0.25) is 0 Å². The van der Waals surface area contributed by atoms with Crippen molar-refractivity contribution in [1.82, 2.24) is 0 Å². The van der Waals surface area contributed by atoms with Gasteiger partial charge in [-0.15, -0.1) is 11.8 Å². The fraction of sp³-hybridized carbons (Fsp3) is 0.840. The molecular weight excluding hydrogens is 300 g/mol. The first kappa shape index (κ1) is 24.6. The molecule has 0 aliphatic rings. The van der Waals surface area contributed by atoms with Gasteiger partial charge in [0.2, 0.25) is 0 Å². The summed E-state index contributed by atoms with van der Waals surface area (Å²) in [7, 11) is 0. The largest absolute Gasteiger partial charge is 0.103 e. The smallest absolute Gasteiger partial charge is 0.00886 e. The molecule has 0 saturated heterocycles. The maximum absolute atomic E-state index is 3.92. The second-order valence-corrected chi connectivity index (χ2v) is 7.65. The molecule has 2 radical (unpaired) electrons. The summed E-state index contributed by atoms with van der Waals surface area (Å²) in [6, 6.07) is 0. The van der Waals surface area contributed by atoms with Crippen molar-refractivity contribution in [3.8, 4) is 11.8 Å². The standard InChI is InChI=1S/C25H46/c1-4-7-9-11-13-14-15-16-17-18-20-22-24-25(6-3)23-21-19-12-10-8-5-2/h25H,1-2,4-12,15-24H2,3H3. The molecule has 1 atom stereocenters. The highest BCUT2D eigenvalue weighted by Gasteiger charge is 2.05. The predicted octanol–water partition coefficient (Wildman–Crippen LogP) is 8.71. The molecule has 0 aromatic rings. The van der Waals surface area contributed by atoms with Crippen LogP contribution in [-0.2, 0) is 0 Å². The second kappa shape index (κ2) is 21.6. The normalized spacial score (nSPS) is 12.0. The lowest BCUT2D eigenvalue weighted by Crippen LogP contribution is -1.99. The second-order valence-electron chi connectivity index (χ2n) is 7.65. The van der Waals surface area contributed by atoms with Crippen molar-refractivity contribution < 1.29 is 0 Å². The third kappa shape index (κ3) is 19.7. The monoisotopic (exact) mass is 346 g/mol. The van der Waals surface area contributed by atoms with E-state index < -0.39 is 0 Å². The van der Waals surface area contributed by atoms with E-state index in [1.54, 1.807) is 0 Å². The highest BCUT2D eigenvalue weighted by Crippen LogP contribution is 2.21. The van der Waals surface area contributed by atoms with Crippen LogP contribution in [0.4, 0.5) is 0 Å². The third-order valence-corrected chi connectivity index (χ3v) is 5.28. The minimum Gasteiger partial charge on any atom is -0.103 e. The maximum atomic E-state index is 3.92. The molecule has 0 bridgehead atoms. The fourth-order valence-corrected chi connectivity index (χ4v) is 3.44. The van der Waals surface area contributed by atoms with E-state index >= 15 is 0 Å². The zero-order valence-corrected chi connectivity index (χ0v) is 17.4. The molecule has 0 heterocycles. The molecule has 0 amide bonds. The van der Waals surface area contributed by atoms with Gasteiger partial charge in [0.15, 0.2) is 0 Å². The van der Waals surface area contributed by atoms with E-state index in [9.17, 15) is 0 Å². The van der Waals surface area contributed by atoms with Crippen molar-refractivity contribution in [3.63, 3.8) is 0 Å². The number of unbranched alkanes of at least 4 members (excludes halogenated alkanes) is 13. The molecule has 0 N–H and O–H groups in total. The lowest BCUT2D eigenvalue weighted by Gasteiger charge is -2.14. The van der Waals surface area contributed by atoms with E-state index in [0.29, 0.717) is 0 Å². The van der Waals surface area contributed by atoms with E-state index in [4.69, 9.17) is 0 Å². The van der Waals surface area contributed by atoms with Gasteiger partial charge < -0.3 is 0 Å². The molecule has 0 aromatic carbocycles. The van der Waals surface area contributed by atoms with Crippen molar-refractivity contribution in [2.45, 2.75) is 129 Å². The van der Waals surface area contributed by atoms with Gasteiger partial charge in [0.25, 0.3) is 0 Å². The molecule has 1 unspecified atom stereocenters. The Morgan fingerprint density at radius 2 is 0.960 bits per heavy atom. The quantitative estimate of drug-likeness (QED) is 0.172. The minimum atomic E-state index is 0.983. The maximum Gasteiger partial charge on any atom is 0.00886 e. The van der Waals surface area contributed by atoms with Crippen LogP contribution in [-0.4, -0.2) is 0 Å². The van der Waals surface area contributed by atoms with Crippen molar-refractivity contribution >= 4 is 0 Å². The van der Waals surface area contributed by atoms with Gasteiger partial charge >= 0.3 is 0 Å². The van der Waals surface area contributed by atoms with E-state index in [0.717, 1.165) is 31.6 Å². The van der Waals surface area contributed by atoms with Crippen LogP contribution in [0.5, 0.6) is 0 Å². The molecule has 146 valence electrons. The van der Waals surface area contributed by atoms with Gasteiger partial charge in [-0.3, -0.25) is 0 Å². The molecule has 0 fully saturated rings. The van der Waals surface area contributed by atoms with Gasteiger partial charge in [-0.05, 0) is 18.8 Å². The highest BCUT2D eigenvalue weighted by molar-refractivity contribution is 4.98. The van der Waals surface area contributed by atoms with Crippen LogP contribution in [0, 0.1) is 31.6 Å². The van der Waals surface area contributed by atoms with E-state index in [2.05, 4.69) is 32.6 Å². The predicted molar refractivity (Wildman–Crippen MR) is 115 cm³/mol.